The number of piperidine rings is 1. The molecule has 0 aliphatic carbocycles. The molecule has 0 spiro atoms. The van der Waals surface area contributed by atoms with E-state index in [0.29, 0.717) is 12.8 Å². The first-order chi connectivity index (χ1) is 14.4. The average molecular weight is 441 g/mol. The Balaban J connectivity index is 1.64. The lowest BCUT2D eigenvalue weighted by molar-refractivity contribution is 0.0921. The van der Waals surface area contributed by atoms with Crippen LogP contribution in [0.4, 0.5) is 17.6 Å². The number of hydrazone groups is 1. The van der Waals surface area contributed by atoms with Gasteiger partial charge in [0, 0.05) is 35.7 Å². The molecule has 2 aromatic rings. The van der Waals surface area contributed by atoms with Crippen LogP contribution in [0.5, 0.6) is 5.75 Å². The number of furan rings is 1. The summed E-state index contributed by atoms with van der Waals surface area (Å²) in [6, 6.07) is 2.74. The van der Waals surface area contributed by atoms with E-state index in [1.807, 2.05) is 27.7 Å². The molecule has 6 nitrogen and oxygen atoms in total. The van der Waals surface area contributed by atoms with Gasteiger partial charge in [-0.15, -0.1) is 0 Å². The summed E-state index contributed by atoms with van der Waals surface area (Å²) in [4.78, 5) is 12.3. The molecule has 2 heterocycles. The molecule has 1 amide bonds. The summed E-state index contributed by atoms with van der Waals surface area (Å²) in [5, 5.41) is 7.70. The Morgan fingerprint density at radius 3 is 2.26 bits per heavy atom. The smallest absolute Gasteiger partial charge is 0.307 e. The number of amides is 1. The van der Waals surface area contributed by atoms with E-state index in [0.717, 1.165) is 5.71 Å². The second kappa shape index (κ2) is 8.33. The number of halogens is 4. The van der Waals surface area contributed by atoms with Gasteiger partial charge >= 0.3 is 5.91 Å². The van der Waals surface area contributed by atoms with Crippen molar-refractivity contribution >= 4 is 11.6 Å². The standard InChI is InChI=1S/C21H23F4N3O3/c1-20(2)8-11(9-21(3,4)28-20)26-27-19(29)15-6-5-12(31-15)10-30-18-16(24)13(22)7-14(23)17(18)25/h5-7,28H,8-10H2,1-4H3,(H,27,29). The minimum absolute atomic E-state index is 0.0189. The molecule has 3 rings (SSSR count). The SMILES string of the molecule is CC1(C)CC(=NNC(=O)c2ccc(COc3c(F)c(F)cc(F)c3F)o2)CC(C)(C)N1. The highest BCUT2D eigenvalue weighted by atomic mass is 19.2. The summed E-state index contributed by atoms with van der Waals surface area (Å²) in [5.41, 5.74) is 2.89. The fourth-order valence-electron chi connectivity index (χ4n) is 3.75. The van der Waals surface area contributed by atoms with Crippen LogP contribution in [0.2, 0.25) is 0 Å². The van der Waals surface area contributed by atoms with E-state index in [4.69, 9.17) is 9.15 Å². The van der Waals surface area contributed by atoms with Crippen molar-refractivity contribution in [3.05, 3.63) is 53.0 Å². The van der Waals surface area contributed by atoms with E-state index in [1.54, 1.807) is 0 Å². The normalized spacial score (nSPS) is 17.4. The molecule has 10 heteroatoms. The van der Waals surface area contributed by atoms with Crippen molar-refractivity contribution in [2.24, 2.45) is 5.10 Å². The summed E-state index contributed by atoms with van der Waals surface area (Å²) in [7, 11) is 0. The predicted molar refractivity (Wildman–Crippen MR) is 105 cm³/mol. The van der Waals surface area contributed by atoms with Gasteiger partial charge in [0.05, 0.1) is 0 Å². The van der Waals surface area contributed by atoms with Gasteiger partial charge in [0.2, 0.25) is 11.6 Å². The third kappa shape index (κ3) is 5.43. The fraction of sp³-hybridized carbons (Fsp3) is 0.429. The zero-order chi connectivity index (χ0) is 23.0. The Hall–Kier alpha value is -2.88. The minimum Gasteiger partial charge on any atom is -0.479 e. The Labute approximate surface area is 176 Å². The molecule has 1 aliphatic rings. The molecule has 0 unspecified atom stereocenters. The molecule has 0 radical (unpaired) electrons. The van der Waals surface area contributed by atoms with Crippen LogP contribution in [0.1, 0.15) is 56.9 Å². The molecule has 2 N–H and O–H groups in total. The quantitative estimate of drug-likeness (QED) is 0.409. The summed E-state index contributed by atoms with van der Waals surface area (Å²) < 4.78 is 63.9. The van der Waals surface area contributed by atoms with E-state index in [2.05, 4.69) is 15.8 Å². The average Bonchev–Trinajstić information content (AvgIpc) is 3.11. The van der Waals surface area contributed by atoms with Gasteiger partial charge in [0.25, 0.3) is 0 Å². The minimum atomic E-state index is -1.66. The summed E-state index contributed by atoms with van der Waals surface area (Å²) in [6.45, 7) is 7.62. The van der Waals surface area contributed by atoms with Crippen LogP contribution in [0.25, 0.3) is 0 Å². The van der Waals surface area contributed by atoms with Gasteiger partial charge in [-0.25, -0.2) is 14.2 Å². The Morgan fingerprint density at radius 2 is 1.68 bits per heavy atom. The van der Waals surface area contributed by atoms with Gasteiger partial charge in [-0.2, -0.15) is 13.9 Å². The molecule has 168 valence electrons. The number of rotatable bonds is 5. The molecular formula is C21H23F4N3O3. The largest absolute Gasteiger partial charge is 0.479 e. The highest BCUT2D eigenvalue weighted by Gasteiger charge is 2.35. The first kappa shape index (κ1) is 22.8. The van der Waals surface area contributed by atoms with Gasteiger partial charge in [-0.1, -0.05) is 0 Å². The number of hydrogen-bond donors (Lipinski definition) is 2. The molecule has 31 heavy (non-hydrogen) atoms. The van der Waals surface area contributed by atoms with Gasteiger partial charge in [-0.05, 0) is 39.8 Å². The number of hydrogen-bond acceptors (Lipinski definition) is 5. The van der Waals surface area contributed by atoms with Crippen LogP contribution < -0.4 is 15.5 Å². The van der Waals surface area contributed by atoms with Gasteiger partial charge in [0.1, 0.15) is 12.4 Å². The Kier molecular flexibility index (Phi) is 6.13. The molecule has 1 fully saturated rings. The third-order valence-electron chi connectivity index (χ3n) is 4.60. The van der Waals surface area contributed by atoms with Crippen LogP contribution >= 0.6 is 0 Å². The van der Waals surface area contributed by atoms with E-state index in [9.17, 15) is 22.4 Å². The third-order valence-corrected chi connectivity index (χ3v) is 4.60. The number of carbonyl (C=O) groups excluding carboxylic acids is 1. The fourth-order valence-corrected chi connectivity index (χ4v) is 3.75. The molecule has 1 aromatic carbocycles. The zero-order valence-corrected chi connectivity index (χ0v) is 17.5. The van der Waals surface area contributed by atoms with Gasteiger partial charge in [0.15, 0.2) is 23.1 Å². The molecule has 0 bridgehead atoms. The van der Waals surface area contributed by atoms with E-state index in [-0.39, 0.29) is 28.7 Å². The maximum atomic E-state index is 13.6. The first-order valence-corrected chi connectivity index (χ1v) is 9.56. The highest BCUT2D eigenvalue weighted by Crippen LogP contribution is 2.28. The Morgan fingerprint density at radius 1 is 1.10 bits per heavy atom. The number of nitrogens with one attached hydrogen (secondary N) is 2. The second-order valence-electron chi connectivity index (χ2n) is 8.72. The number of ether oxygens (including phenoxy) is 1. The topological polar surface area (TPSA) is 75.9 Å². The summed E-state index contributed by atoms with van der Waals surface area (Å²) >= 11 is 0. The molecule has 1 aromatic heterocycles. The molecule has 0 atom stereocenters. The van der Waals surface area contributed by atoms with Gasteiger partial charge in [-0.3, -0.25) is 4.79 Å². The lowest BCUT2D eigenvalue weighted by Crippen LogP contribution is -2.58. The molecule has 1 saturated heterocycles. The second-order valence-corrected chi connectivity index (χ2v) is 8.72. The van der Waals surface area contributed by atoms with Crippen LogP contribution in [-0.2, 0) is 6.61 Å². The molecular weight excluding hydrogens is 418 g/mol. The highest BCUT2D eigenvalue weighted by molar-refractivity contribution is 5.94. The van der Waals surface area contributed by atoms with Crippen LogP contribution in [0.15, 0.2) is 27.7 Å². The van der Waals surface area contributed by atoms with E-state index in [1.165, 1.54) is 12.1 Å². The lowest BCUT2D eigenvalue weighted by atomic mass is 9.81. The van der Waals surface area contributed by atoms with Crippen molar-refractivity contribution < 1.29 is 31.5 Å². The molecule has 0 saturated carbocycles. The van der Waals surface area contributed by atoms with Crippen molar-refractivity contribution in [2.75, 3.05) is 0 Å². The van der Waals surface area contributed by atoms with Crippen molar-refractivity contribution in [1.82, 2.24) is 10.7 Å². The Bertz CT molecular complexity index is 987. The summed E-state index contributed by atoms with van der Waals surface area (Å²) in [5.74, 6) is -8.41. The van der Waals surface area contributed by atoms with Crippen LogP contribution in [0, 0.1) is 23.3 Å². The maximum absolute atomic E-state index is 13.6. The predicted octanol–water partition coefficient (Wildman–Crippen LogP) is 4.44. The number of carbonyl (C=O) groups is 1. The number of nitrogens with zero attached hydrogens (tertiary/aromatic N) is 1. The first-order valence-electron chi connectivity index (χ1n) is 9.56. The van der Waals surface area contributed by atoms with E-state index >= 15 is 0 Å². The van der Waals surface area contributed by atoms with Crippen molar-refractivity contribution in [1.29, 1.82) is 0 Å². The van der Waals surface area contributed by atoms with Crippen LogP contribution in [-0.4, -0.2) is 22.7 Å². The van der Waals surface area contributed by atoms with Crippen molar-refractivity contribution in [2.45, 2.75) is 58.2 Å². The maximum Gasteiger partial charge on any atom is 0.307 e. The zero-order valence-electron chi connectivity index (χ0n) is 17.5. The van der Waals surface area contributed by atoms with Gasteiger partial charge < -0.3 is 14.5 Å². The van der Waals surface area contributed by atoms with E-state index < -0.39 is 41.5 Å². The summed E-state index contributed by atoms with van der Waals surface area (Å²) in [6.07, 6.45) is 1.30. The molecule has 1 aliphatic heterocycles. The number of benzene rings is 1. The van der Waals surface area contributed by atoms with Crippen molar-refractivity contribution in [3.63, 3.8) is 0 Å². The lowest BCUT2D eigenvalue weighted by Gasteiger charge is -2.43. The van der Waals surface area contributed by atoms with Crippen LogP contribution in [0.3, 0.4) is 0 Å². The van der Waals surface area contributed by atoms with Crippen molar-refractivity contribution in [3.8, 4) is 5.75 Å². The monoisotopic (exact) mass is 441 g/mol.